The average molecular weight is 294 g/mol. The van der Waals surface area contributed by atoms with Gasteiger partial charge in [0.2, 0.25) is 10.5 Å². The van der Waals surface area contributed by atoms with E-state index in [9.17, 15) is 8.42 Å². The lowest BCUT2D eigenvalue weighted by Gasteiger charge is -1.98. The predicted octanol–water partition coefficient (Wildman–Crippen LogP) is 2.50. The monoisotopic (exact) mass is 294 g/mol. The van der Waals surface area contributed by atoms with E-state index < -0.39 is 16.0 Å². The van der Waals surface area contributed by atoms with E-state index in [1.54, 1.807) is 4.57 Å². The molecule has 0 saturated heterocycles. The SMILES string of the molecule is Cc1sc2ccc3ccccc3c2[n+]1CS(=O)(=O)O. The van der Waals surface area contributed by atoms with Gasteiger partial charge in [-0.2, -0.15) is 13.0 Å². The summed E-state index contributed by atoms with van der Waals surface area (Å²) in [5, 5.41) is 2.90. The van der Waals surface area contributed by atoms with Crippen molar-refractivity contribution in [1.29, 1.82) is 0 Å². The van der Waals surface area contributed by atoms with E-state index in [4.69, 9.17) is 4.55 Å². The number of rotatable bonds is 2. The Morgan fingerprint density at radius 2 is 1.95 bits per heavy atom. The lowest BCUT2D eigenvalue weighted by molar-refractivity contribution is -0.652. The molecular weight excluding hydrogens is 282 g/mol. The second-order valence-electron chi connectivity index (χ2n) is 4.39. The maximum atomic E-state index is 11.2. The maximum absolute atomic E-state index is 11.2. The first-order valence-corrected chi connectivity index (χ1v) is 8.14. The van der Waals surface area contributed by atoms with Crippen molar-refractivity contribution in [1.82, 2.24) is 0 Å². The average Bonchev–Trinajstić information content (AvgIpc) is 2.64. The first-order chi connectivity index (χ1) is 8.96. The van der Waals surface area contributed by atoms with Crippen LogP contribution in [0.2, 0.25) is 0 Å². The standard InChI is InChI=1S/C13H11NO3S2/c1-9-14(8-19(15,16)17)13-11-5-3-2-4-10(11)6-7-12(13)18-9/h2-7H,8H2,1H3/p+1. The van der Waals surface area contributed by atoms with Gasteiger partial charge in [-0.25, -0.2) is 0 Å². The third-order valence-electron chi connectivity index (χ3n) is 3.06. The minimum absolute atomic E-state index is 0.410. The summed E-state index contributed by atoms with van der Waals surface area (Å²) < 4.78 is 34.1. The molecule has 0 aliphatic rings. The molecule has 0 saturated carbocycles. The van der Waals surface area contributed by atoms with Crippen molar-refractivity contribution in [3.63, 3.8) is 0 Å². The smallest absolute Gasteiger partial charge is 0.281 e. The van der Waals surface area contributed by atoms with Gasteiger partial charge in [0.15, 0.2) is 0 Å². The Kier molecular flexibility index (Phi) is 2.81. The van der Waals surface area contributed by atoms with Gasteiger partial charge in [-0.1, -0.05) is 35.6 Å². The molecule has 0 radical (unpaired) electrons. The van der Waals surface area contributed by atoms with E-state index in [1.807, 2.05) is 43.3 Å². The molecule has 0 aliphatic carbocycles. The number of hydrogen-bond acceptors (Lipinski definition) is 3. The number of fused-ring (bicyclic) bond motifs is 3. The van der Waals surface area contributed by atoms with Gasteiger partial charge in [-0.15, -0.1) is 0 Å². The van der Waals surface area contributed by atoms with Gasteiger partial charge in [0.25, 0.3) is 5.88 Å². The highest BCUT2D eigenvalue weighted by atomic mass is 32.2. The van der Waals surface area contributed by atoms with Crippen LogP contribution in [0.15, 0.2) is 36.4 Å². The van der Waals surface area contributed by atoms with Crippen LogP contribution in [0.1, 0.15) is 5.01 Å². The van der Waals surface area contributed by atoms with Crippen LogP contribution in [0.5, 0.6) is 0 Å². The molecule has 1 aromatic heterocycles. The van der Waals surface area contributed by atoms with E-state index in [2.05, 4.69) is 0 Å². The van der Waals surface area contributed by atoms with Gasteiger partial charge in [0.05, 0.1) is 5.39 Å². The predicted molar refractivity (Wildman–Crippen MR) is 75.8 cm³/mol. The summed E-state index contributed by atoms with van der Waals surface area (Å²) in [4.78, 5) is 0. The second-order valence-corrected chi connectivity index (χ2v) is 7.05. The zero-order valence-electron chi connectivity index (χ0n) is 10.2. The highest BCUT2D eigenvalue weighted by Crippen LogP contribution is 2.27. The van der Waals surface area contributed by atoms with Crippen molar-refractivity contribution in [3.05, 3.63) is 41.4 Å². The quantitative estimate of drug-likeness (QED) is 0.583. The number of nitrogens with zero attached hydrogens (tertiary/aromatic N) is 1. The zero-order chi connectivity index (χ0) is 13.6. The number of thiazole rings is 1. The minimum atomic E-state index is -4.06. The number of benzene rings is 2. The molecule has 0 fully saturated rings. The van der Waals surface area contributed by atoms with Gasteiger partial charge in [0, 0.05) is 6.92 Å². The van der Waals surface area contributed by atoms with Crippen LogP contribution < -0.4 is 4.57 Å². The van der Waals surface area contributed by atoms with Crippen LogP contribution in [0.3, 0.4) is 0 Å². The van der Waals surface area contributed by atoms with Crippen molar-refractivity contribution in [3.8, 4) is 0 Å². The van der Waals surface area contributed by atoms with Crippen LogP contribution in [0.25, 0.3) is 21.0 Å². The molecule has 2 aromatic carbocycles. The summed E-state index contributed by atoms with van der Waals surface area (Å²) in [6.07, 6.45) is 0. The Bertz CT molecular complexity index is 881. The lowest BCUT2D eigenvalue weighted by atomic mass is 10.1. The molecule has 0 atom stereocenters. The molecule has 0 unspecified atom stereocenters. The molecule has 0 aliphatic heterocycles. The third kappa shape index (κ3) is 2.22. The summed E-state index contributed by atoms with van der Waals surface area (Å²) in [5.74, 6) is -0.410. The minimum Gasteiger partial charge on any atom is -0.281 e. The summed E-state index contributed by atoms with van der Waals surface area (Å²) in [7, 11) is -4.06. The maximum Gasteiger partial charge on any atom is 0.326 e. The van der Waals surface area contributed by atoms with Gasteiger partial charge >= 0.3 is 10.1 Å². The van der Waals surface area contributed by atoms with Gasteiger partial charge in [-0.05, 0) is 17.5 Å². The summed E-state index contributed by atoms with van der Waals surface area (Å²) in [6, 6.07) is 11.8. The number of aryl methyl sites for hydroxylation is 1. The first-order valence-electron chi connectivity index (χ1n) is 5.71. The first kappa shape index (κ1) is 12.5. The molecule has 0 amide bonds. The van der Waals surface area contributed by atoms with Gasteiger partial charge in [-0.3, -0.25) is 4.55 Å². The summed E-state index contributed by atoms with van der Waals surface area (Å²) >= 11 is 1.52. The summed E-state index contributed by atoms with van der Waals surface area (Å²) in [6.45, 7) is 1.85. The van der Waals surface area contributed by atoms with Crippen LogP contribution in [0, 0.1) is 6.92 Å². The van der Waals surface area contributed by atoms with E-state index in [0.29, 0.717) is 0 Å². The highest BCUT2D eigenvalue weighted by Gasteiger charge is 2.24. The Morgan fingerprint density at radius 3 is 2.68 bits per heavy atom. The molecular formula is C13H12NO3S2+. The third-order valence-corrected chi connectivity index (χ3v) is 4.71. The van der Waals surface area contributed by atoms with Crippen molar-refractivity contribution < 1.29 is 17.5 Å². The van der Waals surface area contributed by atoms with E-state index >= 15 is 0 Å². The summed E-state index contributed by atoms with van der Waals surface area (Å²) in [5.41, 5.74) is 0.859. The van der Waals surface area contributed by atoms with Crippen LogP contribution >= 0.6 is 11.3 Å². The Hall–Kier alpha value is -1.50. The van der Waals surface area contributed by atoms with Crippen molar-refractivity contribution in [2.45, 2.75) is 12.8 Å². The fourth-order valence-corrected chi connectivity index (χ4v) is 4.05. The molecule has 6 heteroatoms. The number of aromatic nitrogens is 1. The molecule has 0 spiro atoms. The molecule has 0 bridgehead atoms. The van der Waals surface area contributed by atoms with Crippen LogP contribution in [-0.4, -0.2) is 13.0 Å². The van der Waals surface area contributed by atoms with Crippen molar-refractivity contribution in [2.75, 3.05) is 0 Å². The largest absolute Gasteiger partial charge is 0.326 e. The molecule has 1 N–H and O–H groups in total. The normalized spacial score (nSPS) is 12.3. The van der Waals surface area contributed by atoms with Crippen LogP contribution in [-0.2, 0) is 16.0 Å². The van der Waals surface area contributed by atoms with Crippen molar-refractivity contribution >= 4 is 42.4 Å². The Balaban J connectivity index is 2.43. The fourth-order valence-electron chi connectivity index (χ4n) is 2.29. The number of hydrogen-bond donors (Lipinski definition) is 1. The van der Waals surface area contributed by atoms with Gasteiger partial charge < -0.3 is 0 Å². The molecule has 19 heavy (non-hydrogen) atoms. The highest BCUT2D eigenvalue weighted by molar-refractivity contribution is 7.84. The molecule has 1 heterocycles. The second kappa shape index (κ2) is 4.26. The Morgan fingerprint density at radius 1 is 1.21 bits per heavy atom. The van der Waals surface area contributed by atoms with E-state index in [1.165, 1.54) is 11.3 Å². The zero-order valence-corrected chi connectivity index (χ0v) is 11.8. The lowest BCUT2D eigenvalue weighted by Crippen LogP contribution is -2.39. The van der Waals surface area contributed by atoms with E-state index in [-0.39, 0.29) is 0 Å². The van der Waals surface area contributed by atoms with E-state index in [0.717, 1.165) is 26.0 Å². The molecule has 98 valence electrons. The Labute approximate surface area is 114 Å². The van der Waals surface area contributed by atoms with Gasteiger partial charge in [0.1, 0.15) is 4.70 Å². The molecule has 3 rings (SSSR count). The fraction of sp³-hybridized carbons (Fsp3) is 0.154. The van der Waals surface area contributed by atoms with Crippen LogP contribution in [0.4, 0.5) is 0 Å². The molecule has 4 nitrogen and oxygen atoms in total. The topological polar surface area (TPSA) is 58.2 Å². The molecule has 3 aromatic rings. The van der Waals surface area contributed by atoms with Crippen molar-refractivity contribution in [2.24, 2.45) is 0 Å².